The van der Waals surface area contributed by atoms with E-state index >= 15 is 0 Å². The van der Waals surface area contributed by atoms with Crippen LogP contribution in [0.5, 0.6) is 0 Å². The molecule has 1 heterocycles. The van der Waals surface area contributed by atoms with Gasteiger partial charge < -0.3 is 4.74 Å². The van der Waals surface area contributed by atoms with Crippen LogP contribution in [0.4, 0.5) is 10.6 Å². The van der Waals surface area contributed by atoms with Crippen LogP contribution in [0.2, 0.25) is 0 Å². The molecule has 1 aliphatic rings. The number of rotatable bonds is 6. The Morgan fingerprint density at radius 1 is 1.03 bits per heavy atom. The van der Waals surface area contributed by atoms with Crippen molar-refractivity contribution in [2.45, 2.75) is 64.4 Å². The topological polar surface area (TPSA) is 81.2 Å². The lowest BCUT2D eigenvalue weighted by molar-refractivity contribution is 0.155. The summed E-state index contributed by atoms with van der Waals surface area (Å²) in [6.45, 7) is 2.25. The largest absolute Gasteiger partial charge is 0.444 e. The van der Waals surface area contributed by atoms with Crippen molar-refractivity contribution in [3.05, 3.63) is 75.7 Å². The molecule has 1 fully saturated rings. The summed E-state index contributed by atoms with van der Waals surface area (Å²) >= 11 is 0. The van der Waals surface area contributed by atoms with E-state index in [9.17, 15) is 9.59 Å². The van der Waals surface area contributed by atoms with Crippen LogP contribution in [0.3, 0.4) is 0 Å². The molecule has 1 N–H and O–H groups in total. The Kier molecular flexibility index (Phi) is 7.10. The fourth-order valence-electron chi connectivity index (χ4n) is 4.45. The number of amides is 1. The van der Waals surface area contributed by atoms with Crippen LogP contribution in [0.15, 0.2) is 53.3 Å². The third-order valence-corrected chi connectivity index (χ3v) is 5.99. The second-order valence-electron chi connectivity index (χ2n) is 8.35. The first-order valence-corrected chi connectivity index (χ1v) is 11.5. The second-order valence-corrected chi connectivity index (χ2v) is 8.35. The molecule has 1 saturated carbocycles. The Balaban J connectivity index is 1.71. The van der Waals surface area contributed by atoms with Gasteiger partial charge in [0.25, 0.3) is 0 Å². The zero-order valence-electron chi connectivity index (χ0n) is 18.5. The van der Waals surface area contributed by atoms with Gasteiger partial charge in [0.2, 0.25) is 5.82 Å². The third-order valence-electron chi connectivity index (χ3n) is 5.99. The minimum Gasteiger partial charge on any atom is -0.444 e. The lowest BCUT2D eigenvalue weighted by Crippen LogP contribution is -2.21. The smallest absolute Gasteiger partial charge is 0.413 e. The van der Waals surface area contributed by atoms with Gasteiger partial charge in [-0.2, -0.15) is 0 Å². The Labute approximate surface area is 188 Å². The van der Waals surface area contributed by atoms with E-state index in [0.29, 0.717) is 5.52 Å². The van der Waals surface area contributed by atoms with Gasteiger partial charge in [-0.3, -0.25) is 10.1 Å². The lowest BCUT2D eigenvalue weighted by Gasteiger charge is -2.22. The monoisotopic (exact) mass is 431 g/mol. The van der Waals surface area contributed by atoms with Gasteiger partial charge in [-0.1, -0.05) is 75.1 Å². The number of hydrogen-bond donors (Lipinski definition) is 1. The highest BCUT2D eigenvalue weighted by molar-refractivity contribution is 5.87. The number of anilines is 1. The van der Waals surface area contributed by atoms with Crippen molar-refractivity contribution < 1.29 is 9.53 Å². The summed E-state index contributed by atoms with van der Waals surface area (Å²) in [7, 11) is 0. The number of nitrogens with zero attached hydrogens (tertiary/aromatic N) is 2. The van der Waals surface area contributed by atoms with Gasteiger partial charge in [-0.25, -0.2) is 14.8 Å². The summed E-state index contributed by atoms with van der Waals surface area (Å²) in [5, 5.41) is 3.52. The maximum atomic E-state index is 12.9. The molecule has 0 aliphatic heterocycles. The van der Waals surface area contributed by atoms with E-state index in [-0.39, 0.29) is 18.3 Å². The number of carbonyl (C=O) groups excluding carboxylic acids is 1. The Morgan fingerprint density at radius 3 is 2.56 bits per heavy atom. The van der Waals surface area contributed by atoms with Crippen molar-refractivity contribution in [3.63, 3.8) is 0 Å². The number of benzene rings is 2. The van der Waals surface area contributed by atoms with Crippen molar-refractivity contribution in [3.8, 4) is 0 Å². The quantitative estimate of drug-likeness (QED) is 0.538. The summed E-state index contributed by atoms with van der Waals surface area (Å²) < 4.78 is 5.31. The van der Waals surface area contributed by atoms with Gasteiger partial charge in [-0.05, 0) is 36.5 Å². The van der Waals surface area contributed by atoms with E-state index in [1.807, 2.05) is 42.5 Å². The molecule has 2 aromatic carbocycles. The highest BCUT2D eigenvalue weighted by Crippen LogP contribution is 2.36. The van der Waals surface area contributed by atoms with Crippen molar-refractivity contribution in [2.24, 2.45) is 0 Å². The molecule has 166 valence electrons. The summed E-state index contributed by atoms with van der Waals surface area (Å²) in [4.78, 5) is 34.4. The van der Waals surface area contributed by atoms with E-state index < -0.39 is 11.7 Å². The first kappa shape index (κ1) is 21.9. The zero-order valence-corrected chi connectivity index (χ0v) is 18.5. The van der Waals surface area contributed by atoms with E-state index in [0.717, 1.165) is 60.7 Å². The van der Waals surface area contributed by atoms with Crippen LogP contribution in [-0.4, -0.2) is 16.1 Å². The molecule has 0 radical (unpaired) electrons. The Morgan fingerprint density at radius 2 is 1.81 bits per heavy atom. The summed E-state index contributed by atoms with van der Waals surface area (Å²) in [5.74, 6) is 0.182. The van der Waals surface area contributed by atoms with Crippen LogP contribution < -0.4 is 10.9 Å². The van der Waals surface area contributed by atoms with Crippen molar-refractivity contribution in [1.29, 1.82) is 0 Å². The molecule has 0 unspecified atom stereocenters. The van der Waals surface area contributed by atoms with E-state index in [1.54, 1.807) is 0 Å². The number of nitrogens with one attached hydrogen (secondary N) is 1. The SMILES string of the molecule is CCCc1cccc2nc(=O)c(NC(=O)OCc3ccccc3)nc(C3CCCCC3)c12. The lowest BCUT2D eigenvalue weighted by atomic mass is 9.84. The van der Waals surface area contributed by atoms with Crippen molar-refractivity contribution in [2.75, 3.05) is 5.32 Å². The molecule has 0 atom stereocenters. The van der Waals surface area contributed by atoms with Crippen LogP contribution in [0.1, 0.15) is 68.2 Å². The zero-order chi connectivity index (χ0) is 22.3. The highest BCUT2D eigenvalue weighted by atomic mass is 16.5. The van der Waals surface area contributed by atoms with Crippen LogP contribution >= 0.6 is 0 Å². The normalized spacial score (nSPS) is 14.3. The molecule has 1 aromatic heterocycles. The fraction of sp³-hybridized carbons (Fsp3) is 0.385. The number of hydrogen-bond acceptors (Lipinski definition) is 5. The predicted octanol–water partition coefficient (Wildman–Crippen LogP) is 5.74. The van der Waals surface area contributed by atoms with Crippen LogP contribution in [-0.2, 0) is 17.8 Å². The Hall–Kier alpha value is -3.28. The molecule has 6 nitrogen and oxygen atoms in total. The summed E-state index contributed by atoms with van der Waals surface area (Å²) in [6, 6.07) is 15.3. The predicted molar refractivity (Wildman–Crippen MR) is 126 cm³/mol. The minimum absolute atomic E-state index is 0.0673. The molecule has 3 aromatic rings. The Bertz CT molecular complexity index is 1140. The number of carbonyl (C=O) groups is 1. The molecule has 4 rings (SSSR count). The highest BCUT2D eigenvalue weighted by Gasteiger charge is 2.22. The molecule has 0 saturated heterocycles. The van der Waals surface area contributed by atoms with Crippen molar-refractivity contribution in [1.82, 2.24) is 9.97 Å². The molecule has 0 bridgehead atoms. The summed E-state index contributed by atoms with van der Waals surface area (Å²) in [5.41, 5.74) is 2.98. The third kappa shape index (κ3) is 5.13. The molecule has 1 aliphatic carbocycles. The average molecular weight is 432 g/mol. The molecular weight excluding hydrogens is 402 g/mol. The van der Waals surface area contributed by atoms with Crippen LogP contribution in [0, 0.1) is 0 Å². The van der Waals surface area contributed by atoms with E-state index in [4.69, 9.17) is 9.72 Å². The number of fused-ring (bicyclic) bond motifs is 1. The van der Waals surface area contributed by atoms with Crippen molar-refractivity contribution >= 4 is 22.8 Å². The molecular formula is C26H29N3O3. The van der Waals surface area contributed by atoms with Gasteiger partial charge in [0.1, 0.15) is 6.61 Å². The maximum Gasteiger partial charge on any atom is 0.413 e. The van der Waals surface area contributed by atoms with Gasteiger partial charge in [-0.15, -0.1) is 0 Å². The van der Waals surface area contributed by atoms with Gasteiger partial charge in [0.15, 0.2) is 0 Å². The van der Waals surface area contributed by atoms with E-state index in [2.05, 4.69) is 23.3 Å². The average Bonchev–Trinajstić information content (AvgIpc) is 2.96. The number of aryl methyl sites for hydroxylation is 1. The first-order chi connectivity index (χ1) is 15.7. The fourth-order valence-corrected chi connectivity index (χ4v) is 4.45. The van der Waals surface area contributed by atoms with Gasteiger partial charge >= 0.3 is 11.7 Å². The van der Waals surface area contributed by atoms with Gasteiger partial charge in [0, 0.05) is 11.3 Å². The summed E-state index contributed by atoms with van der Waals surface area (Å²) in [6.07, 6.45) is 6.72. The molecule has 0 spiro atoms. The second kappa shape index (κ2) is 10.4. The number of aromatic nitrogens is 2. The molecule has 1 amide bonds. The van der Waals surface area contributed by atoms with E-state index in [1.165, 1.54) is 6.42 Å². The first-order valence-electron chi connectivity index (χ1n) is 11.5. The van der Waals surface area contributed by atoms with Crippen LogP contribution in [0.25, 0.3) is 10.9 Å². The standard InChI is InChI=1S/C26H29N3O3/c1-2-10-19-15-9-16-21-22(19)23(20-13-7-4-8-14-20)28-24(25(30)27-21)29-26(31)32-17-18-11-5-3-6-12-18/h3,5-6,9,11-12,15-16,20H,2,4,7-8,10,13-14,17H2,1H3,(H,27,28,29,30,31). The van der Waals surface area contributed by atoms with Gasteiger partial charge in [0.05, 0.1) is 11.2 Å². The minimum atomic E-state index is -0.709. The molecule has 6 heteroatoms. The maximum absolute atomic E-state index is 12.9. The molecule has 32 heavy (non-hydrogen) atoms. The number of ether oxygens (including phenoxy) is 1.